The molecule has 0 bridgehead atoms. The molecule has 8 nitrogen and oxygen atoms in total. The molecule has 150 valence electrons. The number of ether oxygens (including phenoxy) is 3. The van der Waals surface area contributed by atoms with Crippen LogP contribution in [0.1, 0.15) is 36.2 Å². The van der Waals surface area contributed by atoms with Gasteiger partial charge in [0.15, 0.2) is 17.3 Å². The van der Waals surface area contributed by atoms with E-state index in [1.54, 1.807) is 13.8 Å². The van der Waals surface area contributed by atoms with Crippen molar-refractivity contribution >= 4 is 17.8 Å². The minimum atomic E-state index is -1.58. The summed E-state index contributed by atoms with van der Waals surface area (Å²) in [5.74, 6) is -1.54. The molecule has 4 atom stereocenters. The number of aliphatic hydroxyl groups is 2. The van der Waals surface area contributed by atoms with Crippen molar-refractivity contribution in [3.63, 3.8) is 0 Å². The summed E-state index contributed by atoms with van der Waals surface area (Å²) in [6.45, 7) is 3.31. The largest absolute Gasteiger partial charge is 0.507 e. The number of carbonyl (C=O) groups is 2. The minimum absolute atomic E-state index is 0.0630. The van der Waals surface area contributed by atoms with E-state index in [2.05, 4.69) is 0 Å². The smallest absolute Gasteiger partial charge is 0.342 e. The van der Waals surface area contributed by atoms with Gasteiger partial charge < -0.3 is 29.5 Å². The van der Waals surface area contributed by atoms with Gasteiger partial charge in [0.05, 0.1) is 6.10 Å². The molecule has 1 aromatic rings. The van der Waals surface area contributed by atoms with Crippen LogP contribution in [0.4, 0.5) is 0 Å². The standard InChI is InChI=1S/C20H22O8/c1-10-6-7-14(22)18(24)13(21)5-3-4-12-17(20(25)28-11(10)2)15(23)8-16-19(12)27-9-26-16/h3-4,6-8,10-11,13,18,21,23-24H,5,9H2,1-2H3/b4-3+,7-6-/t10-,11+,13+,18?/m1/s1. The number of carbonyl (C=O) groups excluding carboxylic acids is 2. The SMILES string of the molecule is C[C@@H]1/C=C\C(=O)C(O)[C@@H](O)C/C=C/c2c3c(cc(O)c2C(=O)O[C@H]1C)OCO3. The third-order valence-corrected chi connectivity index (χ3v) is 4.80. The lowest BCUT2D eigenvalue weighted by atomic mass is 9.99. The minimum Gasteiger partial charge on any atom is -0.507 e. The molecule has 0 amide bonds. The number of benzene rings is 1. The monoisotopic (exact) mass is 390 g/mol. The lowest BCUT2D eigenvalue weighted by Crippen LogP contribution is -2.32. The third-order valence-electron chi connectivity index (χ3n) is 4.80. The number of phenols is 1. The molecule has 2 heterocycles. The van der Waals surface area contributed by atoms with Gasteiger partial charge in [0.25, 0.3) is 0 Å². The Kier molecular flexibility index (Phi) is 5.71. The highest BCUT2D eigenvalue weighted by Crippen LogP contribution is 2.43. The van der Waals surface area contributed by atoms with Gasteiger partial charge in [-0.1, -0.05) is 25.2 Å². The van der Waals surface area contributed by atoms with Gasteiger partial charge in [-0.25, -0.2) is 4.79 Å². The number of esters is 1. The second kappa shape index (κ2) is 8.04. The van der Waals surface area contributed by atoms with Crippen molar-refractivity contribution in [2.45, 2.75) is 38.6 Å². The highest BCUT2D eigenvalue weighted by atomic mass is 16.7. The van der Waals surface area contributed by atoms with Crippen LogP contribution in [0.5, 0.6) is 17.2 Å². The van der Waals surface area contributed by atoms with Crippen LogP contribution >= 0.6 is 0 Å². The number of phenolic OH excluding ortho intramolecular Hbond substituents is 1. The van der Waals surface area contributed by atoms with Crippen LogP contribution in [-0.2, 0) is 9.53 Å². The summed E-state index contributed by atoms with van der Waals surface area (Å²) in [5.41, 5.74) is 0.143. The van der Waals surface area contributed by atoms with Crippen LogP contribution in [0.2, 0.25) is 0 Å². The summed E-state index contributed by atoms with van der Waals surface area (Å²) in [7, 11) is 0. The third kappa shape index (κ3) is 3.88. The second-order valence-electron chi connectivity index (χ2n) is 6.80. The molecule has 0 saturated carbocycles. The number of fused-ring (bicyclic) bond motifs is 3. The molecule has 0 saturated heterocycles. The summed E-state index contributed by atoms with van der Waals surface area (Å²) in [5, 5.41) is 30.4. The molecule has 1 unspecified atom stereocenters. The fraction of sp³-hybridized carbons (Fsp3) is 0.400. The fourth-order valence-corrected chi connectivity index (χ4v) is 2.91. The first kappa shape index (κ1) is 19.9. The zero-order chi connectivity index (χ0) is 20.4. The Hall–Kier alpha value is -2.84. The number of cyclic esters (lactones) is 1. The van der Waals surface area contributed by atoms with Gasteiger partial charge in [0.1, 0.15) is 23.5 Å². The molecule has 0 aromatic heterocycles. The van der Waals surface area contributed by atoms with Gasteiger partial charge >= 0.3 is 5.97 Å². The number of rotatable bonds is 0. The summed E-state index contributed by atoms with van der Waals surface area (Å²) < 4.78 is 16.1. The molecule has 3 N–H and O–H groups in total. The molecule has 2 aliphatic heterocycles. The highest BCUT2D eigenvalue weighted by Gasteiger charge is 2.29. The zero-order valence-electron chi connectivity index (χ0n) is 15.5. The van der Waals surface area contributed by atoms with Crippen molar-refractivity contribution in [2.75, 3.05) is 6.79 Å². The lowest BCUT2D eigenvalue weighted by Gasteiger charge is -2.20. The Labute approximate surface area is 161 Å². The number of aromatic hydroxyl groups is 1. The van der Waals surface area contributed by atoms with Gasteiger partial charge in [-0.2, -0.15) is 0 Å². The molecule has 0 fully saturated rings. The number of hydrogen-bond acceptors (Lipinski definition) is 8. The molecule has 8 heteroatoms. The van der Waals surface area contributed by atoms with E-state index in [1.807, 2.05) is 0 Å². The summed E-state index contributed by atoms with van der Waals surface area (Å²) >= 11 is 0. The topological polar surface area (TPSA) is 123 Å². The van der Waals surface area contributed by atoms with Crippen LogP contribution in [0.15, 0.2) is 24.3 Å². The van der Waals surface area contributed by atoms with E-state index in [0.717, 1.165) is 0 Å². The first-order valence-electron chi connectivity index (χ1n) is 8.90. The van der Waals surface area contributed by atoms with Crippen LogP contribution in [0, 0.1) is 5.92 Å². The maximum atomic E-state index is 12.7. The maximum absolute atomic E-state index is 12.7. The lowest BCUT2D eigenvalue weighted by molar-refractivity contribution is -0.127. The number of aliphatic hydroxyl groups excluding tert-OH is 2. The van der Waals surface area contributed by atoms with E-state index in [9.17, 15) is 24.9 Å². The van der Waals surface area contributed by atoms with Crippen LogP contribution in [0.25, 0.3) is 6.08 Å². The number of ketones is 1. The molecule has 2 aliphatic rings. The first-order valence-corrected chi connectivity index (χ1v) is 8.90. The average molecular weight is 390 g/mol. The maximum Gasteiger partial charge on any atom is 0.342 e. The van der Waals surface area contributed by atoms with E-state index in [4.69, 9.17) is 14.2 Å². The number of hydrogen-bond donors (Lipinski definition) is 3. The Morgan fingerprint density at radius 3 is 2.61 bits per heavy atom. The first-order chi connectivity index (χ1) is 13.3. The molecule has 0 radical (unpaired) electrons. The van der Waals surface area contributed by atoms with E-state index in [1.165, 1.54) is 30.4 Å². The van der Waals surface area contributed by atoms with E-state index in [0.29, 0.717) is 0 Å². The van der Waals surface area contributed by atoms with E-state index in [-0.39, 0.29) is 47.5 Å². The Bertz CT molecular complexity index is 841. The molecule has 0 spiro atoms. The summed E-state index contributed by atoms with van der Waals surface area (Å²) in [4.78, 5) is 24.7. The van der Waals surface area contributed by atoms with Crippen molar-refractivity contribution < 1.29 is 39.1 Å². The van der Waals surface area contributed by atoms with Crippen molar-refractivity contribution in [3.05, 3.63) is 35.4 Å². The molecule has 28 heavy (non-hydrogen) atoms. The quantitative estimate of drug-likeness (QED) is 0.571. The summed E-state index contributed by atoms with van der Waals surface area (Å²) in [6, 6.07) is 1.28. The highest BCUT2D eigenvalue weighted by molar-refractivity contribution is 5.99. The van der Waals surface area contributed by atoms with Crippen LogP contribution < -0.4 is 9.47 Å². The Morgan fingerprint density at radius 1 is 1.11 bits per heavy atom. The molecular weight excluding hydrogens is 368 g/mol. The zero-order valence-corrected chi connectivity index (χ0v) is 15.5. The van der Waals surface area contributed by atoms with Crippen molar-refractivity contribution in [1.82, 2.24) is 0 Å². The predicted molar refractivity (Wildman–Crippen MR) is 98.1 cm³/mol. The van der Waals surface area contributed by atoms with Gasteiger partial charge in [-0.15, -0.1) is 0 Å². The van der Waals surface area contributed by atoms with Gasteiger partial charge in [-0.05, 0) is 19.4 Å². The van der Waals surface area contributed by atoms with Gasteiger partial charge in [0, 0.05) is 17.5 Å². The van der Waals surface area contributed by atoms with Gasteiger partial charge in [-0.3, -0.25) is 4.79 Å². The molecular formula is C20H22O8. The normalized spacial score (nSPS) is 30.1. The average Bonchev–Trinajstić information content (AvgIpc) is 3.11. The van der Waals surface area contributed by atoms with Crippen molar-refractivity contribution in [3.8, 4) is 17.2 Å². The molecule has 3 rings (SSSR count). The predicted octanol–water partition coefficient (Wildman–Crippen LogP) is 1.57. The second-order valence-corrected chi connectivity index (χ2v) is 6.80. The van der Waals surface area contributed by atoms with Crippen LogP contribution in [-0.4, -0.2) is 52.2 Å². The van der Waals surface area contributed by atoms with Crippen molar-refractivity contribution in [1.29, 1.82) is 0 Å². The molecule has 0 aliphatic carbocycles. The van der Waals surface area contributed by atoms with Crippen LogP contribution in [0.3, 0.4) is 0 Å². The fourth-order valence-electron chi connectivity index (χ4n) is 2.91. The van der Waals surface area contributed by atoms with E-state index >= 15 is 0 Å². The molecule has 1 aromatic carbocycles. The van der Waals surface area contributed by atoms with E-state index < -0.39 is 30.1 Å². The summed E-state index contributed by atoms with van der Waals surface area (Å²) in [6.07, 6.45) is 2.00. The van der Waals surface area contributed by atoms with Crippen molar-refractivity contribution in [2.24, 2.45) is 5.92 Å². The Morgan fingerprint density at radius 2 is 1.86 bits per heavy atom. The Balaban J connectivity index is 2.07. The van der Waals surface area contributed by atoms with Gasteiger partial charge in [0.2, 0.25) is 6.79 Å².